The number of methoxy groups -OCH3 is 1. The summed E-state index contributed by atoms with van der Waals surface area (Å²) < 4.78 is 5.64. The van der Waals surface area contributed by atoms with Gasteiger partial charge in [0.1, 0.15) is 6.04 Å². The number of ether oxygens (including phenoxy) is 1. The number of amides is 1. The minimum absolute atomic E-state index is 0.201. The second kappa shape index (κ2) is 7.54. The van der Waals surface area contributed by atoms with Gasteiger partial charge < -0.3 is 15.4 Å². The third-order valence-corrected chi connectivity index (χ3v) is 3.27. The highest BCUT2D eigenvalue weighted by Crippen LogP contribution is 2.23. The van der Waals surface area contributed by atoms with Gasteiger partial charge in [0.05, 0.1) is 17.8 Å². The van der Waals surface area contributed by atoms with Gasteiger partial charge in [-0.1, -0.05) is 11.6 Å². The number of nitrogens with one attached hydrogen (secondary N) is 2. The van der Waals surface area contributed by atoms with Crippen LogP contribution in [-0.4, -0.2) is 31.6 Å². The quantitative estimate of drug-likeness (QED) is 0.590. The van der Waals surface area contributed by atoms with Crippen molar-refractivity contribution < 1.29 is 14.3 Å². The van der Waals surface area contributed by atoms with Crippen LogP contribution in [0.5, 0.6) is 0 Å². The van der Waals surface area contributed by atoms with Crippen molar-refractivity contribution >= 4 is 51.8 Å². The molecule has 1 atom stereocenters. The Bertz CT molecular complexity index is 482. The van der Waals surface area contributed by atoms with E-state index in [1.54, 1.807) is 6.07 Å². The normalized spacial score (nSPS) is 11.6. The SMILES string of the molecule is COC(=O)C(CNc1ccc(I)cc1Cl)NC(C)=O. The Hall–Kier alpha value is -1.02. The summed E-state index contributed by atoms with van der Waals surface area (Å²) in [6.07, 6.45) is 0. The van der Waals surface area contributed by atoms with E-state index in [1.165, 1.54) is 14.0 Å². The number of rotatable bonds is 5. The minimum atomic E-state index is -0.752. The van der Waals surface area contributed by atoms with Gasteiger partial charge >= 0.3 is 5.97 Å². The Morgan fingerprint density at radius 2 is 2.16 bits per heavy atom. The summed E-state index contributed by atoms with van der Waals surface area (Å²) in [6, 6.07) is 4.75. The van der Waals surface area contributed by atoms with Gasteiger partial charge in [-0.25, -0.2) is 4.79 Å². The smallest absolute Gasteiger partial charge is 0.330 e. The number of carbonyl (C=O) groups excluding carboxylic acids is 2. The van der Waals surface area contributed by atoms with Crippen LogP contribution in [0.1, 0.15) is 6.92 Å². The Balaban J connectivity index is 2.70. The second-order valence-electron chi connectivity index (χ2n) is 3.78. The lowest BCUT2D eigenvalue weighted by Crippen LogP contribution is -2.45. The average molecular weight is 397 g/mol. The third kappa shape index (κ3) is 5.23. The topological polar surface area (TPSA) is 67.4 Å². The van der Waals surface area contributed by atoms with Crippen molar-refractivity contribution in [2.24, 2.45) is 0 Å². The number of carbonyl (C=O) groups is 2. The van der Waals surface area contributed by atoms with E-state index in [-0.39, 0.29) is 12.5 Å². The standard InChI is InChI=1S/C12H14ClIN2O3/c1-7(17)16-11(12(18)19-2)6-15-10-4-3-8(14)5-9(10)13/h3-5,11,15H,6H2,1-2H3,(H,16,17). The Kier molecular flexibility index (Phi) is 6.36. The van der Waals surface area contributed by atoms with E-state index in [9.17, 15) is 9.59 Å². The molecule has 0 heterocycles. The molecule has 19 heavy (non-hydrogen) atoms. The molecule has 1 aromatic carbocycles. The number of benzene rings is 1. The maximum absolute atomic E-state index is 11.5. The largest absolute Gasteiger partial charge is 0.467 e. The highest BCUT2D eigenvalue weighted by Gasteiger charge is 2.20. The summed E-state index contributed by atoms with van der Waals surface area (Å²) in [7, 11) is 1.27. The monoisotopic (exact) mass is 396 g/mol. The molecule has 0 aliphatic rings. The number of hydrogen-bond acceptors (Lipinski definition) is 4. The molecule has 0 saturated carbocycles. The van der Waals surface area contributed by atoms with Crippen LogP contribution in [0.25, 0.3) is 0 Å². The van der Waals surface area contributed by atoms with Crippen LogP contribution in [0, 0.1) is 3.57 Å². The zero-order valence-corrected chi connectivity index (χ0v) is 13.4. The van der Waals surface area contributed by atoms with Gasteiger partial charge in [0.15, 0.2) is 0 Å². The molecule has 1 amide bonds. The van der Waals surface area contributed by atoms with Crippen molar-refractivity contribution in [3.05, 3.63) is 26.8 Å². The van der Waals surface area contributed by atoms with Crippen molar-refractivity contribution in [3.63, 3.8) is 0 Å². The molecule has 2 N–H and O–H groups in total. The van der Waals surface area contributed by atoms with Crippen molar-refractivity contribution in [2.75, 3.05) is 19.0 Å². The number of halogens is 2. The summed E-state index contributed by atoms with van der Waals surface area (Å²) >= 11 is 8.21. The lowest BCUT2D eigenvalue weighted by Gasteiger charge is -2.17. The van der Waals surface area contributed by atoms with Crippen LogP contribution in [0.3, 0.4) is 0 Å². The van der Waals surface area contributed by atoms with Crippen LogP contribution < -0.4 is 10.6 Å². The predicted molar refractivity (Wildman–Crippen MR) is 82.3 cm³/mol. The molecule has 0 aromatic heterocycles. The highest BCUT2D eigenvalue weighted by atomic mass is 127. The van der Waals surface area contributed by atoms with E-state index in [0.29, 0.717) is 10.7 Å². The van der Waals surface area contributed by atoms with Crippen molar-refractivity contribution in [2.45, 2.75) is 13.0 Å². The molecule has 0 aliphatic carbocycles. The first-order valence-corrected chi connectivity index (χ1v) is 6.93. The minimum Gasteiger partial charge on any atom is -0.467 e. The van der Waals surface area contributed by atoms with E-state index >= 15 is 0 Å². The molecule has 5 nitrogen and oxygen atoms in total. The Labute approximate surface area is 130 Å². The number of hydrogen-bond donors (Lipinski definition) is 2. The maximum atomic E-state index is 11.5. The lowest BCUT2D eigenvalue weighted by atomic mass is 10.2. The molecular weight excluding hydrogens is 383 g/mol. The number of esters is 1. The Morgan fingerprint density at radius 3 is 2.68 bits per heavy atom. The molecule has 104 valence electrons. The van der Waals surface area contributed by atoms with Crippen LogP contribution in [0.2, 0.25) is 5.02 Å². The molecule has 0 spiro atoms. The zero-order valence-electron chi connectivity index (χ0n) is 10.5. The van der Waals surface area contributed by atoms with Gasteiger partial charge in [-0.3, -0.25) is 4.79 Å². The van der Waals surface area contributed by atoms with Gasteiger partial charge in [-0.05, 0) is 40.8 Å². The van der Waals surface area contributed by atoms with Gasteiger partial charge in [-0.15, -0.1) is 0 Å². The average Bonchev–Trinajstić information content (AvgIpc) is 2.34. The van der Waals surface area contributed by atoms with Crippen LogP contribution in [0.4, 0.5) is 5.69 Å². The lowest BCUT2D eigenvalue weighted by molar-refractivity contribution is -0.144. The molecule has 1 rings (SSSR count). The fourth-order valence-corrected chi connectivity index (χ4v) is 2.35. The van der Waals surface area contributed by atoms with E-state index in [1.807, 2.05) is 12.1 Å². The summed E-state index contributed by atoms with van der Waals surface area (Å²) in [5, 5.41) is 6.08. The first-order valence-electron chi connectivity index (χ1n) is 5.48. The van der Waals surface area contributed by atoms with Crippen LogP contribution >= 0.6 is 34.2 Å². The third-order valence-electron chi connectivity index (χ3n) is 2.29. The first-order chi connectivity index (χ1) is 8.93. The molecule has 1 unspecified atom stereocenters. The molecule has 0 bridgehead atoms. The van der Waals surface area contributed by atoms with Gasteiger partial charge in [0.25, 0.3) is 0 Å². The van der Waals surface area contributed by atoms with Crippen LogP contribution in [-0.2, 0) is 14.3 Å². The fraction of sp³-hybridized carbons (Fsp3) is 0.333. The Morgan fingerprint density at radius 1 is 1.47 bits per heavy atom. The summed E-state index contributed by atoms with van der Waals surface area (Å²) in [5.74, 6) is -0.810. The molecular formula is C12H14ClIN2O3. The summed E-state index contributed by atoms with van der Waals surface area (Å²) in [6.45, 7) is 1.54. The molecule has 1 aromatic rings. The van der Waals surface area contributed by atoms with Gasteiger partial charge in [0.2, 0.25) is 5.91 Å². The van der Waals surface area contributed by atoms with Gasteiger partial charge in [-0.2, -0.15) is 0 Å². The van der Waals surface area contributed by atoms with Crippen molar-refractivity contribution in [3.8, 4) is 0 Å². The van der Waals surface area contributed by atoms with Crippen molar-refractivity contribution in [1.29, 1.82) is 0 Å². The molecule has 0 saturated heterocycles. The maximum Gasteiger partial charge on any atom is 0.330 e. The number of anilines is 1. The highest BCUT2D eigenvalue weighted by molar-refractivity contribution is 14.1. The van der Waals surface area contributed by atoms with E-state index in [4.69, 9.17) is 11.6 Å². The molecule has 0 radical (unpaired) electrons. The summed E-state index contributed by atoms with van der Waals surface area (Å²) in [5.41, 5.74) is 0.696. The molecule has 7 heteroatoms. The van der Waals surface area contributed by atoms with Crippen LogP contribution in [0.15, 0.2) is 18.2 Å². The first kappa shape index (κ1) is 16.0. The second-order valence-corrected chi connectivity index (χ2v) is 5.43. The van der Waals surface area contributed by atoms with Crippen molar-refractivity contribution in [1.82, 2.24) is 5.32 Å². The molecule has 0 aliphatic heterocycles. The van der Waals surface area contributed by atoms with E-state index < -0.39 is 12.0 Å². The summed E-state index contributed by atoms with van der Waals surface area (Å²) in [4.78, 5) is 22.5. The van der Waals surface area contributed by atoms with E-state index in [0.717, 1.165) is 3.57 Å². The predicted octanol–water partition coefficient (Wildman–Crippen LogP) is 2.03. The van der Waals surface area contributed by atoms with E-state index in [2.05, 4.69) is 38.0 Å². The zero-order chi connectivity index (χ0) is 14.4. The van der Waals surface area contributed by atoms with Gasteiger partial charge in [0, 0.05) is 17.0 Å². The fourth-order valence-electron chi connectivity index (χ4n) is 1.43. The molecule has 0 fully saturated rings.